The molecule has 0 saturated carbocycles. The van der Waals surface area contributed by atoms with E-state index in [9.17, 15) is 4.79 Å². The van der Waals surface area contributed by atoms with Crippen LogP contribution in [0.2, 0.25) is 0 Å². The summed E-state index contributed by atoms with van der Waals surface area (Å²) in [4.78, 5) is 21.8. The second-order valence-electron chi connectivity index (χ2n) is 7.08. The summed E-state index contributed by atoms with van der Waals surface area (Å²) < 4.78 is 6.06. The van der Waals surface area contributed by atoms with Crippen LogP contribution in [0.15, 0.2) is 72.8 Å². The number of nitrogens with zero attached hydrogens (tertiary/aromatic N) is 2. The van der Waals surface area contributed by atoms with E-state index in [0.29, 0.717) is 19.7 Å². The van der Waals surface area contributed by atoms with Crippen molar-refractivity contribution in [3.8, 4) is 5.75 Å². The lowest BCUT2D eigenvalue weighted by atomic mass is 10.1. The Balaban J connectivity index is 1.58. The Kier molecular flexibility index (Phi) is 5.77. The second kappa shape index (κ2) is 8.80. The molecular formula is C24H24N4O2. The van der Waals surface area contributed by atoms with Gasteiger partial charge in [-0.15, -0.1) is 0 Å². The zero-order chi connectivity index (χ0) is 20.9. The highest BCUT2D eigenvalue weighted by Crippen LogP contribution is 2.26. The Morgan fingerprint density at radius 3 is 2.60 bits per heavy atom. The molecule has 6 nitrogen and oxygen atoms in total. The average Bonchev–Trinajstić information content (AvgIpc) is 3.19. The number of aromatic amines is 1. The first-order chi connectivity index (χ1) is 14.6. The minimum atomic E-state index is -0.0502. The van der Waals surface area contributed by atoms with Gasteiger partial charge >= 0.3 is 0 Å². The number of hydrogen-bond acceptors (Lipinski definition) is 4. The van der Waals surface area contributed by atoms with E-state index in [4.69, 9.17) is 10.5 Å². The van der Waals surface area contributed by atoms with Crippen LogP contribution in [0.25, 0.3) is 11.0 Å². The number of amides is 1. The Morgan fingerprint density at radius 1 is 1.07 bits per heavy atom. The molecule has 0 radical (unpaired) electrons. The number of rotatable bonds is 7. The van der Waals surface area contributed by atoms with E-state index in [0.717, 1.165) is 39.4 Å². The van der Waals surface area contributed by atoms with E-state index in [1.165, 1.54) is 0 Å². The largest absolute Gasteiger partial charge is 0.489 e. The predicted molar refractivity (Wildman–Crippen MR) is 118 cm³/mol. The van der Waals surface area contributed by atoms with Crippen LogP contribution in [-0.2, 0) is 24.5 Å². The van der Waals surface area contributed by atoms with Crippen LogP contribution in [0.1, 0.15) is 23.9 Å². The maximum Gasteiger partial charge on any atom is 0.224 e. The highest BCUT2D eigenvalue weighted by molar-refractivity contribution is 5.93. The van der Waals surface area contributed by atoms with E-state index in [1.807, 2.05) is 72.8 Å². The first kappa shape index (κ1) is 19.7. The lowest BCUT2D eigenvalue weighted by Crippen LogP contribution is -2.28. The predicted octanol–water partition coefficient (Wildman–Crippen LogP) is 4.15. The van der Waals surface area contributed by atoms with Crippen molar-refractivity contribution in [1.82, 2.24) is 9.97 Å². The third-order valence-electron chi connectivity index (χ3n) is 4.94. The first-order valence-corrected chi connectivity index (χ1v) is 9.85. The Bertz CT molecular complexity index is 1150. The second-order valence-corrected chi connectivity index (χ2v) is 7.08. The van der Waals surface area contributed by atoms with Crippen molar-refractivity contribution < 1.29 is 9.53 Å². The lowest BCUT2D eigenvalue weighted by molar-refractivity contribution is -0.116. The summed E-state index contributed by atoms with van der Waals surface area (Å²) in [5.41, 5.74) is 10.2. The van der Waals surface area contributed by atoms with Crippen molar-refractivity contribution in [2.45, 2.75) is 26.6 Å². The maximum atomic E-state index is 12.5. The van der Waals surface area contributed by atoms with Gasteiger partial charge in [-0.25, -0.2) is 4.98 Å². The number of carbonyl (C=O) groups excluding carboxylic acids is 1. The van der Waals surface area contributed by atoms with E-state index in [-0.39, 0.29) is 5.91 Å². The monoisotopic (exact) mass is 400 g/mol. The van der Waals surface area contributed by atoms with Crippen molar-refractivity contribution in [3.05, 3.63) is 89.7 Å². The number of nitrogens with two attached hydrogens (primary N) is 1. The van der Waals surface area contributed by atoms with Crippen LogP contribution in [0.5, 0.6) is 5.75 Å². The van der Waals surface area contributed by atoms with Crippen LogP contribution < -0.4 is 15.4 Å². The van der Waals surface area contributed by atoms with Gasteiger partial charge in [0.25, 0.3) is 0 Å². The highest BCUT2D eigenvalue weighted by Gasteiger charge is 2.16. The minimum absolute atomic E-state index is 0.0502. The smallest absolute Gasteiger partial charge is 0.224 e. The molecule has 0 aliphatic heterocycles. The number of benzene rings is 3. The van der Waals surface area contributed by atoms with Gasteiger partial charge in [0.15, 0.2) is 0 Å². The van der Waals surface area contributed by atoms with Crippen molar-refractivity contribution in [2.75, 3.05) is 4.90 Å². The third-order valence-corrected chi connectivity index (χ3v) is 4.94. The van der Waals surface area contributed by atoms with Gasteiger partial charge in [-0.1, -0.05) is 48.5 Å². The molecule has 1 amide bonds. The molecule has 0 fully saturated rings. The molecule has 0 bridgehead atoms. The molecule has 30 heavy (non-hydrogen) atoms. The number of carbonyl (C=O) groups is 1. The number of anilines is 1. The van der Waals surface area contributed by atoms with Gasteiger partial charge in [-0.05, 0) is 29.8 Å². The Labute approximate surface area is 175 Å². The molecule has 1 heterocycles. The van der Waals surface area contributed by atoms with Crippen molar-refractivity contribution in [2.24, 2.45) is 5.73 Å². The molecule has 0 spiro atoms. The molecule has 4 rings (SSSR count). The standard InChI is InChI=1S/C24H24N4O2/c1-17(29)28(20-11-12-21-22(13-20)27-24(14-25)26-21)15-19-9-5-6-10-23(19)30-16-18-7-3-2-4-8-18/h2-13H,14-16,25H2,1H3,(H,26,27). The van der Waals surface area contributed by atoms with Gasteiger partial charge in [0.1, 0.15) is 18.2 Å². The maximum absolute atomic E-state index is 12.5. The van der Waals surface area contributed by atoms with Crippen LogP contribution in [0.4, 0.5) is 5.69 Å². The summed E-state index contributed by atoms with van der Waals surface area (Å²) in [5, 5.41) is 0. The van der Waals surface area contributed by atoms with Gasteiger partial charge in [0.05, 0.1) is 24.1 Å². The van der Waals surface area contributed by atoms with Crippen molar-refractivity contribution >= 4 is 22.6 Å². The summed E-state index contributed by atoms with van der Waals surface area (Å²) in [5.74, 6) is 1.43. The third kappa shape index (κ3) is 4.34. The number of ether oxygens (including phenoxy) is 1. The quantitative estimate of drug-likeness (QED) is 0.488. The molecule has 3 aromatic carbocycles. The van der Waals surface area contributed by atoms with Gasteiger partial charge < -0.3 is 20.4 Å². The number of imidazole rings is 1. The van der Waals surface area contributed by atoms with Crippen LogP contribution in [0, 0.1) is 0 Å². The summed E-state index contributed by atoms with van der Waals surface area (Å²) in [6.07, 6.45) is 0. The lowest BCUT2D eigenvalue weighted by Gasteiger charge is -2.23. The fraction of sp³-hybridized carbons (Fsp3) is 0.167. The topological polar surface area (TPSA) is 84.2 Å². The fourth-order valence-electron chi connectivity index (χ4n) is 3.38. The number of fused-ring (bicyclic) bond motifs is 1. The summed E-state index contributed by atoms with van der Waals surface area (Å²) in [7, 11) is 0. The summed E-state index contributed by atoms with van der Waals surface area (Å²) >= 11 is 0. The van der Waals surface area contributed by atoms with E-state index < -0.39 is 0 Å². The Morgan fingerprint density at radius 2 is 1.83 bits per heavy atom. The van der Waals surface area contributed by atoms with Crippen LogP contribution in [-0.4, -0.2) is 15.9 Å². The zero-order valence-electron chi connectivity index (χ0n) is 16.8. The summed E-state index contributed by atoms with van der Waals surface area (Å²) in [6.45, 7) is 2.78. The first-order valence-electron chi connectivity index (χ1n) is 9.85. The molecule has 0 aliphatic carbocycles. The molecule has 152 valence electrons. The Hall–Kier alpha value is -3.64. The van der Waals surface area contributed by atoms with Gasteiger partial charge in [-0.3, -0.25) is 4.79 Å². The zero-order valence-corrected chi connectivity index (χ0v) is 16.8. The number of nitrogens with one attached hydrogen (secondary N) is 1. The number of H-pyrrole nitrogens is 1. The van der Waals surface area contributed by atoms with E-state index >= 15 is 0 Å². The van der Waals surface area contributed by atoms with Crippen molar-refractivity contribution in [1.29, 1.82) is 0 Å². The van der Waals surface area contributed by atoms with Gasteiger partial charge in [-0.2, -0.15) is 0 Å². The minimum Gasteiger partial charge on any atom is -0.489 e. The molecule has 0 unspecified atom stereocenters. The molecule has 0 atom stereocenters. The number of hydrogen-bond donors (Lipinski definition) is 2. The fourth-order valence-corrected chi connectivity index (χ4v) is 3.38. The molecule has 0 saturated heterocycles. The van der Waals surface area contributed by atoms with Gasteiger partial charge in [0.2, 0.25) is 5.91 Å². The summed E-state index contributed by atoms with van der Waals surface area (Å²) in [6, 6.07) is 23.5. The van der Waals surface area contributed by atoms with Crippen LogP contribution >= 0.6 is 0 Å². The van der Waals surface area contributed by atoms with E-state index in [1.54, 1.807) is 11.8 Å². The van der Waals surface area contributed by atoms with Gasteiger partial charge in [0, 0.05) is 18.2 Å². The average molecular weight is 400 g/mol. The highest BCUT2D eigenvalue weighted by atomic mass is 16.5. The molecule has 4 aromatic rings. The molecule has 3 N–H and O–H groups in total. The van der Waals surface area contributed by atoms with Crippen LogP contribution in [0.3, 0.4) is 0 Å². The number of aromatic nitrogens is 2. The molecule has 6 heteroatoms. The van der Waals surface area contributed by atoms with E-state index in [2.05, 4.69) is 9.97 Å². The molecular weight excluding hydrogens is 376 g/mol. The molecule has 0 aliphatic rings. The SMILES string of the molecule is CC(=O)N(Cc1ccccc1OCc1ccccc1)c1ccc2nc(CN)[nH]c2c1. The number of para-hydroxylation sites is 1. The molecule has 1 aromatic heterocycles. The van der Waals surface area contributed by atoms with Crippen molar-refractivity contribution in [3.63, 3.8) is 0 Å². The normalized spacial score (nSPS) is 10.9.